The molecule has 1 aromatic rings. The minimum absolute atomic E-state index is 0.283. The summed E-state index contributed by atoms with van der Waals surface area (Å²) < 4.78 is 5.36. The molecule has 1 heterocycles. The van der Waals surface area contributed by atoms with Gasteiger partial charge in [-0.05, 0) is 44.4 Å². The Hall–Kier alpha value is -1.55. The van der Waals surface area contributed by atoms with Crippen LogP contribution < -0.4 is 0 Å². The lowest BCUT2D eigenvalue weighted by molar-refractivity contribution is 0.00821. The van der Waals surface area contributed by atoms with Crippen molar-refractivity contribution in [2.45, 2.75) is 45.9 Å². The number of fused-ring (bicyclic) bond motifs is 1. The maximum atomic E-state index is 12.1. The summed E-state index contributed by atoms with van der Waals surface area (Å²) in [6.45, 7) is 8.28. The Morgan fingerprint density at radius 2 is 2.11 bits per heavy atom. The first-order chi connectivity index (χ1) is 8.78. The fourth-order valence-electron chi connectivity index (χ4n) is 2.28. The number of aliphatic hydroxyl groups is 1. The summed E-state index contributed by atoms with van der Waals surface area (Å²) in [5.74, 6) is 0. The zero-order valence-corrected chi connectivity index (χ0v) is 11.9. The maximum absolute atomic E-state index is 12.1. The lowest BCUT2D eigenvalue weighted by Gasteiger charge is -2.34. The van der Waals surface area contributed by atoms with Crippen LogP contribution in [0.1, 0.15) is 43.6 Å². The van der Waals surface area contributed by atoms with Crippen LogP contribution in [-0.2, 0) is 11.3 Å². The van der Waals surface area contributed by atoms with Crippen LogP contribution in [-0.4, -0.2) is 28.2 Å². The maximum Gasteiger partial charge on any atom is 0.410 e. The van der Waals surface area contributed by atoms with Gasteiger partial charge in [-0.25, -0.2) is 4.79 Å². The summed E-state index contributed by atoms with van der Waals surface area (Å²) in [7, 11) is 0. The largest absolute Gasteiger partial charge is 0.444 e. The van der Waals surface area contributed by atoms with Gasteiger partial charge in [-0.3, -0.25) is 0 Å². The number of ether oxygens (including phenoxy) is 1. The van der Waals surface area contributed by atoms with E-state index in [0.29, 0.717) is 6.54 Å². The second-order valence-corrected chi connectivity index (χ2v) is 6.02. The molecular formula is C15H21NO3. The summed E-state index contributed by atoms with van der Waals surface area (Å²) in [6.07, 6.45) is -1.02. The summed E-state index contributed by atoms with van der Waals surface area (Å²) in [5.41, 5.74) is 2.50. The molecule has 0 fully saturated rings. The van der Waals surface area contributed by atoms with Crippen molar-refractivity contribution in [3.8, 4) is 0 Å². The number of benzene rings is 1. The molecule has 19 heavy (non-hydrogen) atoms. The number of carbonyl (C=O) groups excluding carboxylic acids is 1. The molecular weight excluding hydrogens is 242 g/mol. The van der Waals surface area contributed by atoms with Gasteiger partial charge >= 0.3 is 6.09 Å². The average molecular weight is 263 g/mol. The highest BCUT2D eigenvalue weighted by Gasteiger charge is 2.30. The van der Waals surface area contributed by atoms with Crippen LogP contribution in [0.15, 0.2) is 18.2 Å². The lowest BCUT2D eigenvalue weighted by atomic mass is 9.94. The lowest BCUT2D eigenvalue weighted by Crippen LogP contribution is -2.41. The molecule has 2 rings (SSSR count). The van der Waals surface area contributed by atoms with E-state index in [1.165, 1.54) is 0 Å². The van der Waals surface area contributed by atoms with E-state index in [4.69, 9.17) is 4.74 Å². The Bertz CT molecular complexity index is 491. The van der Waals surface area contributed by atoms with Gasteiger partial charge in [-0.1, -0.05) is 18.2 Å². The van der Waals surface area contributed by atoms with Crippen molar-refractivity contribution in [3.63, 3.8) is 0 Å². The minimum Gasteiger partial charge on any atom is -0.444 e. The number of β-amino-alcohol motifs (C(OH)–C–C–N with tert-alkyl or cyclic N) is 1. The Morgan fingerprint density at radius 3 is 2.74 bits per heavy atom. The van der Waals surface area contributed by atoms with Crippen LogP contribution in [0.3, 0.4) is 0 Å². The number of nitrogens with zero attached hydrogens (tertiary/aromatic N) is 1. The molecule has 104 valence electrons. The Kier molecular flexibility index (Phi) is 3.54. The summed E-state index contributed by atoms with van der Waals surface area (Å²) in [6, 6.07) is 5.84. The van der Waals surface area contributed by atoms with Gasteiger partial charge in [0.15, 0.2) is 0 Å². The van der Waals surface area contributed by atoms with Crippen molar-refractivity contribution in [2.75, 3.05) is 6.54 Å². The molecule has 0 spiro atoms. The first-order valence-corrected chi connectivity index (χ1v) is 6.52. The quantitative estimate of drug-likeness (QED) is 0.783. The van der Waals surface area contributed by atoms with Crippen LogP contribution in [0, 0.1) is 6.92 Å². The molecule has 0 bridgehead atoms. The number of aryl methyl sites for hydroxylation is 1. The van der Waals surface area contributed by atoms with E-state index < -0.39 is 11.7 Å². The third-order valence-electron chi connectivity index (χ3n) is 3.20. The predicted molar refractivity (Wildman–Crippen MR) is 72.8 cm³/mol. The molecule has 4 nitrogen and oxygen atoms in total. The number of hydrogen-bond acceptors (Lipinski definition) is 3. The van der Waals surface area contributed by atoms with Gasteiger partial charge in [0.2, 0.25) is 0 Å². The molecule has 1 amide bonds. The molecule has 1 aromatic carbocycles. The normalized spacial score (nSPS) is 19.0. The third kappa shape index (κ3) is 3.07. The highest BCUT2D eigenvalue weighted by Crippen LogP contribution is 2.29. The van der Waals surface area contributed by atoms with Gasteiger partial charge in [0, 0.05) is 6.54 Å². The molecule has 4 heteroatoms. The Morgan fingerprint density at radius 1 is 1.42 bits per heavy atom. The minimum atomic E-state index is -0.642. The molecule has 1 unspecified atom stereocenters. The molecule has 0 radical (unpaired) electrons. The van der Waals surface area contributed by atoms with E-state index in [1.807, 2.05) is 45.9 Å². The summed E-state index contributed by atoms with van der Waals surface area (Å²) >= 11 is 0. The second kappa shape index (κ2) is 4.85. The fraction of sp³-hybridized carbons (Fsp3) is 0.533. The average Bonchev–Trinajstić information content (AvgIpc) is 2.28. The molecule has 1 aliphatic heterocycles. The smallest absolute Gasteiger partial charge is 0.410 e. The number of carbonyl (C=O) groups is 1. The van der Waals surface area contributed by atoms with Gasteiger partial charge in [0.1, 0.15) is 5.60 Å². The van der Waals surface area contributed by atoms with Crippen LogP contribution >= 0.6 is 0 Å². The number of amides is 1. The Balaban J connectivity index is 2.21. The van der Waals surface area contributed by atoms with Crippen LogP contribution in [0.25, 0.3) is 0 Å². The van der Waals surface area contributed by atoms with Crippen molar-refractivity contribution in [2.24, 2.45) is 0 Å². The van der Waals surface area contributed by atoms with Crippen molar-refractivity contribution in [1.29, 1.82) is 0 Å². The van der Waals surface area contributed by atoms with Crippen molar-refractivity contribution in [3.05, 3.63) is 34.9 Å². The van der Waals surface area contributed by atoms with E-state index >= 15 is 0 Å². The monoisotopic (exact) mass is 263 g/mol. The van der Waals surface area contributed by atoms with Gasteiger partial charge < -0.3 is 14.7 Å². The number of rotatable bonds is 0. The molecule has 1 atom stereocenters. The molecule has 1 N–H and O–H groups in total. The SMILES string of the molecule is Cc1cccc2c1CN(C(=O)OC(C)(C)C)CC2O. The third-order valence-corrected chi connectivity index (χ3v) is 3.20. The first kappa shape index (κ1) is 13.9. The highest BCUT2D eigenvalue weighted by atomic mass is 16.6. The van der Waals surface area contributed by atoms with E-state index in [0.717, 1.165) is 16.7 Å². The van der Waals surface area contributed by atoms with Crippen molar-refractivity contribution >= 4 is 6.09 Å². The van der Waals surface area contributed by atoms with Crippen LogP contribution in [0.2, 0.25) is 0 Å². The molecule has 0 aliphatic carbocycles. The zero-order valence-electron chi connectivity index (χ0n) is 11.9. The molecule has 0 saturated carbocycles. The van der Waals surface area contributed by atoms with Crippen LogP contribution in [0.5, 0.6) is 0 Å². The first-order valence-electron chi connectivity index (χ1n) is 6.52. The molecule has 0 aromatic heterocycles. The standard InChI is InChI=1S/C15H21NO3/c1-10-6-5-7-11-12(10)8-16(9-13(11)17)14(18)19-15(2,3)4/h5-7,13,17H,8-9H2,1-4H3. The van der Waals surface area contributed by atoms with E-state index in [9.17, 15) is 9.90 Å². The fourth-order valence-corrected chi connectivity index (χ4v) is 2.28. The number of hydrogen-bond donors (Lipinski definition) is 1. The molecule has 0 saturated heterocycles. The van der Waals surface area contributed by atoms with Crippen molar-refractivity contribution < 1.29 is 14.6 Å². The zero-order chi connectivity index (χ0) is 14.2. The van der Waals surface area contributed by atoms with E-state index in [-0.39, 0.29) is 12.6 Å². The van der Waals surface area contributed by atoms with E-state index in [2.05, 4.69) is 0 Å². The van der Waals surface area contributed by atoms with Gasteiger partial charge in [-0.15, -0.1) is 0 Å². The van der Waals surface area contributed by atoms with E-state index in [1.54, 1.807) is 4.90 Å². The van der Waals surface area contributed by atoms with Gasteiger partial charge in [-0.2, -0.15) is 0 Å². The highest BCUT2D eigenvalue weighted by molar-refractivity contribution is 5.69. The van der Waals surface area contributed by atoms with Crippen LogP contribution in [0.4, 0.5) is 4.79 Å². The Labute approximate surface area is 114 Å². The topological polar surface area (TPSA) is 49.8 Å². The second-order valence-electron chi connectivity index (χ2n) is 6.02. The predicted octanol–water partition coefficient (Wildman–Crippen LogP) is 2.78. The number of aliphatic hydroxyl groups excluding tert-OH is 1. The van der Waals surface area contributed by atoms with Crippen molar-refractivity contribution in [1.82, 2.24) is 4.90 Å². The summed E-state index contributed by atoms with van der Waals surface area (Å²) in [4.78, 5) is 13.6. The van der Waals surface area contributed by atoms with Gasteiger partial charge in [0.05, 0.1) is 12.6 Å². The van der Waals surface area contributed by atoms with Gasteiger partial charge in [0.25, 0.3) is 0 Å². The summed E-state index contributed by atoms with van der Waals surface area (Å²) in [5, 5.41) is 10.2. The molecule has 1 aliphatic rings.